The van der Waals surface area contributed by atoms with Crippen LogP contribution in [0.2, 0.25) is 0 Å². The molecule has 0 fully saturated rings. The summed E-state index contributed by atoms with van der Waals surface area (Å²) in [5.41, 5.74) is -0.0231. The maximum atomic E-state index is 12.6. The van der Waals surface area contributed by atoms with E-state index in [1.54, 1.807) is 0 Å². The Balaban J connectivity index is 2.38. The number of rotatable bonds is 2. The van der Waals surface area contributed by atoms with Gasteiger partial charge in [-0.05, 0) is 18.2 Å². The fourth-order valence-corrected chi connectivity index (χ4v) is 1.17. The lowest BCUT2D eigenvalue weighted by molar-refractivity contribution is -0.286. The van der Waals surface area contributed by atoms with Crippen LogP contribution in [0.5, 0.6) is 11.5 Å². The largest absolute Gasteiger partial charge is 0.586 e. The molecule has 0 aliphatic carbocycles. The number of carbonyl (C=O) groups is 2. The highest BCUT2D eigenvalue weighted by Crippen LogP contribution is 2.41. The Morgan fingerprint density at radius 2 is 1.93 bits per heavy atom. The number of fused-ring (bicyclic) bond motifs is 1. The first kappa shape index (κ1) is 9.57. The minimum absolute atomic E-state index is 0.0231. The van der Waals surface area contributed by atoms with Gasteiger partial charge < -0.3 is 9.47 Å². The Labute approximate surface area is 82.4 Å². The van der Waals surface area contributed by atoms with Crippen molar-refractivity contribution >= 4 is 12.1 Å². The van der Waals surface area contributed by atoms with E-state index in [1.807, 2.05) is 0 Å². The van der Waals surface area contributed by atoms with E-state index in [4.69, 9.17) is 0 Å². The zero-order chi connectivity index (χ0) is 11.1. The molecular formula is C9H4F2O4. The van der Waals surface area contributed by atoms with Gasteiger partial charge in [-0.2, -0.15) is 0 Å². The monoisotopic (exact) mass is 214 g/mol. The molecule has 4 nitrogen and oxygen atoms in total. The van der Waals surface area contributed by atoms with E-state index in [2.05, 4.69) is 9.47 Å². The SMILES string of the molecule is O=CC(=O)c1ccc2c(c1)OC(F)(F)O2. The van der Waals surface area contributed by atoms with Crippen molar-refractivity contribution in [3.05, 3.63) is 23.8 Å². The summed E-state index contributed by atoms with van der Waals surface area (Å²) >= 11 is 0. The van der Waals surface area contributed by atoms with Crippen molar-refractivity contribution in [1.29, 1.82) is 0 Å². The Hall–Kier alpha value is -1.98. The molecule has 0 spiro atoms. The van der Waals surface area contributed by atoms with Crippen molar-refractivity contribution in [1.82, 2.24) is 0 Å². The number of hydrogen-bond acceptors (Lipinski definition) is 4. The van der Waals surface area contributed by atoms with Crippen LogP contribution in [0.1, 0.15) is 10.4 Å². The molecule has 0 unspecified atom stereocenters. The molecule has 1 heterocycles. The smallest absolute Gasteiger partial charge is 0.395 e. The van der Waals surface area contributed by atoms with Gasteiger partial charge >= 0.3 is 6.29 Å². The molecule has 2 rings (SSSR count). The molecule has 0 saturated heterocycles. The van der Waals surface area contributed by atoms with Gasteiger partial charge in [0.15, 0.2) is 17.8 Å². The summed E-state index contributed by atoms with van der Waals surface area (Å²) in [4.78, 5) is 21.1. The molecule has 0 aromatic heterocycles. The minimum Gasteiger partial charge on any atom is -0.395 e. The van der Waals surface area contributed by atoms with E-state index < -0.39 is 12.1 Å². The summed E-state index contributed by atoms with van der Waals surface area (Å²) in [6, 6.07) is 3.39. The molecule has 6 heteroatoms. The van der Waals surface area contributed by atoms with E-state index in [-0.39, 0.29) is 23.3 Å². The number of alkyl halides is 2. The van der Waals surface area contributed by atoms with Crippen molar-refractivity contribution in [2.45, 2.75) is 6.29 Å². The Morgan fingerprint density at radius 1 is 1.27 bits per heavy atom. The first-order valence-corrected chi connectivity index (χ1v) is 3.91. The maximum absolute atomic E-state index is 12.6. The molecule has 0 N–H and O–H groups in total. The fraction of sp³-hybridized carbons (Fsp3) is 0.111. The molecule has 1 aliphatic heterocycles. The van der Waals surface area contributed by atoms with E-state index in [9.17, 15) is 18.4 Å². The average molecular weight is 214 g/mol. The Bertz CT molecular complexity index is 442. The third-order valence-corrected chi connectivity index (χ3v) is 1.79. The van der Waals surface area contributed by atoms with Crippen LogP contribution >= 0.6 is 0 Å². The highest BCUT2D eigenvalue weighted by Gasteiger charge is 2.43. The number of hydrogen-bond donors (Lipinski definition) is 0. The highest BCUT2D eigenvalue weighted by atomic mass is 19.3. The Morgan fingerprint density at radius 3 is 2.60 bits per heavy atom. The number of benzene rings is 1. The summed E-state index contributed by atoms with van der Waals surface area (Å²) in [5, 5.41) is 0. The number of Topliss-reactive ketones (excluding diaryl/α,β-unsaturated/α-hetero) is 1. The van der Waals surface area contributed by atoms with Crippen LogP contribution in [0.15, 0.2) is 18.2 Å². The van der Waals surface area contributed by atoms with Crippen molar-refractivity contribution in [3.63, 3.8) is 0 Å². The number of aldehydes is 1. The van der Waals surface area contributed by atoms with Gasteiger partial charge in [0.25, 0.3) is 0 Å². The molecule has 1 aromatic carbocycles. The lowest BCUT2D eigenvalue weighted by Gasteiger charge is -2.04. The van der Waals surface area contributed by atoms with Crippen LogP contribution in [0.3, 0.4) is 0 Å². The van der Waals surface area contributed by atoms with Gasteiger partial charge in [0.05, 0.1) is 0 Å². The normalized spacial score (nSPS) is 16.1. The quantitative estimate of drug-likeness (QED) is 0.424. The van der Waals surface area contributed by atoms with Crippen LogP contribution in [0, 0.1) is 0 Å². The molecule has 0 radical (unpaired) electrons. The number of halogens is 2. The average Bonchev–Trinajstić information content (AvgIpc) is 2.49. The summed E-state index contributed by atoms with van der Waals surface area (Å²) in [6.45, 7) is 0. The lowest BCUT2D eigenvalue weighted by atomic mass is 10.1. The molecule has 0 bridgehead atoms. The second-order valence-corrected chi connectivity index (χ2v) is 2.81. The first-order chi connectivity index (χ1) is 7.02. The molecule has 0 saturated carbocycles. The third kappa shape index (κ3) is 1.65. The summed E-state index contributed by atoms with van der Waals surface area (Å²) < 4.78 is 33.3. The Kier molecular flexibility index (Phi) is 1.92. The maximum Gasteiger partial charge on any atom is 0.586 e. The standard InChI is InChI=1S/C9H4F2O4/c10-9(11)14-7-2-1-5(6(13)4-12)3-8(7)15-9/h1-4H. The van der Waals surface area contributed by atoms with Gasteiger partial charge in [0.1, 0.15) is 0 Å². The topological polar surface area (TPSA) is 52.6 Å². The minimum atomic E-state index is -3.72. The molecule has 15 heavy (non-hydrogen) atoms. The van der Waals surface area contributed by atoms with Crippen LogP contribution in [-0.2, 0) is 4.79 Å². The van der Waals surface area contributed by atoms with Crippen LogP contribution in [0.25, 0.3) is 0 Å². The van der Waals surface area contributed by atoms with Crippen molar-refractivity contribution < 1.29 is 27.8 Å². The van der Waals surface area contributed by atoms with Crippen molar-refractivity contribution in [2.24, 2.45) is 0 Å². The van der Waals surface area contributed by atoms with Gasteiger partial charge in [-0.25, -0.2) is 0 Å². The molecule has 0 amide bonds. The number of ether oxygens (including phenoxy) is 2. The number of ketones is 1. The fourth-order valence-electron chi connectivity index (χ4n) is 1.17. The molecule has 1 aliphatic rings. The molecular weight excluding hydrogens is 210 g/mol. The van der Waals surface area contributed by atoms with E-state index >= 15 is 0 Å². The lowest BCUT2D eigenvalue weighted by Crippen LogP contribution is -2.25. The van der Waals surface area contributed by atoms with Crippen molar-refractivity contribution in [3.8, 4) is 11.5 Å². The summed E-state index contributed by atoms with van der Waals surface area (Å²) in [5.74, 6) is -1.23. The van der Waals surface area contributed by atoms with E-state index in [0.717, 1.165) is 12.1 Å². The summed E-state index contributed by atoms with van der Waals surface area (Å²) in [7, 11) is 0. The second-order valence-electron chi connectivity index (χ2n) is 2.81. The van der Waals surface area contributed by atoms with Crippen LogP contribution in [0.4, 0.5) is 8.78 Å². The van der Waals surface area contributed by atoms with Gasteiger partial charge in [0.2, 0.25) is 5.78 Å². The predicted octanol–water partition coefficient (Wildman–Crippen LogP) is 1.39. The van der Waals surface area contributed by atoms with Crippen LogP contribution in [-0.4, -0.2) is 18.4 Å². The highest BCUT2D eigenvalue weighted by molar-refractivity contribution is 6.33. The predicted molar refractivity (Wildman–Crippen MR) is 43.0 cm³/mol. The van der Waals surface area contributed by atoms with E-state index in [0.29, 0.717) is 0 Å². The van der Waals surface area contributed by atoms with Gasteiger partial charge in [0, 0.05) is 5.56 Å². The van der Waals surface area contributed by atoms with Gasteiger partial charge in [-0.15, -0.1) is 8.78 Å². The van der Waals surface area contributed by atoms with Gasteiger partial charge in [-0.3, -0.25) is 9.59 Å². The van der Waals surface area contributed by atoms with Crippen LogP contribution < -0.4 is 9.47 Å². The second kappa shape index (κ2) is 3.01. The third-order valence-electron chi connectivity index (χ3n) is 1.79. The summed E-state index contributed by atoms with van der Waals surface area (Å²) in [6.07, 6.45) is -3.62. The van der Waals surface area contributed by atoms with Gasteiger partial charge in [-0.1, -0.05) is 0 Å². The number of carbonyl (C=O) groups excluding carboxylic acids is 2. The van der Waals surface area contributed by atoms with Crippen molar-refractivity contribution in [2.75, 3.05) is 0 Å². The molecule has 0 atom stereocenters. The molecule has 1 aromatic rings. The zero-order valence-electron chi connectivity index (χ0n) is 7.20. The molecule has 78 valence electrons. The van der Waals surface area contributed by atoms with E-state index in [1.165, 1.54) is 6.07 Å². The zero-order valence-corrected chi connectivity index (χ0v) is 7.20. The first-order valence-electron chi connectivity index (χ1n) is 3.91.